The van der Waals surface area contributed by atoms with Gasteiger partial charge < -0.3 is 10.4 Å². The first-order chi connectivity index (χ1) is 14.8. The minimum atomic E-state index is 0.270. The van der Waals surface area contributed by atoms with Gasteiger partial charge in [-0.25, -0.2) is 0 Å². The van der Waals surface area contributed by atoms with E-state index in [4.69, 9.17) is 0 Å². The van der Waals surface area contributed by atoms with Gasteiger partial charge in [0, 0.05) is 6.42 Å². The van der Waals surface area contributed by atoms with Gasteiger partial charge in [-0.3, -0.25) is 4.48 Å². The predicted octanol–water partition coefficient (Wildman–Crippen LogP) is 7.42. The summed E-state index contributed by atoms with van der Waals surface area (Å²) in [4.78, 5) is 0. The van der Waals surface area contributed by atoms with Gasteiger partial charge in [0.2, 0.25) is 0 Å². The Hall–Kier alpha value is -0.800. The highest BCUT2D eigenvalue weighted by Crippen LogP contribution is 2.23. The lowest BCUT2D eigenvalue weighted by Crippen LogP contribution is -2.54. The predicted molar refractivity (Wildman–Crippen MR) is 132 cm³/mol. The lowest BCUT2D eigenvalue weighted by Gasteiger charge is -2.36. The van der Waals surface area contributed by atoms with Crippen LogP contribution in [0.4, 0.5) is 0 Å². The molecule has 0 radical (unpaired) electrons. The van der Waals surface area contributed by atoms with E-state index in [2.05, 4.69) is 43.7 Å². The summed E-state index contributed by atoms with van der Waals surface area (Å²) in [6.07, 6.45) is 32.9. The number of allylic oxidation sites excluding steroid dienone is 2. The van der Waals surface area contributed by atoms with E-state index in [1.807, 2.05) is 0 Å². The van der Waals surface area contributed by atoms with Gasteiger partial charge in [0.15, 0.2) is 6.17 Å². The normalized spacial score (nSPS) is 21.0. The second-order valence-corrected chi connectivity index (χ2v) is 9.30. The lowest BCUT2D eigenvalue weighted by atomic mass is 10.0. The summed E-state index contributed by atoms with van der Waals surface area (Å²) in [5.74, 6) is 0. The van der Waals surface area contributed by atoms with Gasteiger partial charge in [0.1, 0.15) is 12.7 Å². The zero-order valence-electron chi connectivity index (χ0n) is 20.4. The Kier molecular flexibility index (Phi) is 17.2. The first-order valence-corrected chi connectivity index (χ1v) is 13.3. The molecule has 0 aromatic heterocycles. The fourth-order valence-corrected chi connectivity index (χ4v) is 4.73. The molecule has 176 valence electrons. The molecule has 0 bridgehead atoms. The van der Waals surface area contributed by atoms with Crippen LogP contribution in [0.2, 0.25) is 0 Å². The standard InChI is InChI=1S/C27H53N2O/c1-3-5-6-7-8-9-10-11-12-13-14-15-16-17-18-19-20-21-22-27-28-23-24-29(27,4-2)25-26-30/h8-9,23-24,27-28,30H,3-7,10-22,25-26H2,1-2H3/q+1/b9-8+. The van der Waals surface area contributed by atoms with Crippen LogP contribution in [-0.2, 0) is 0 Å². The summed E-state index contributed by atoms with van der Waals surface area (Å²) in [5, 5.41) is 12.9. The van der Waals surface area contributed by atoms with Crippen molar-refractivity contribution < 1.29 is 9.59 Å². The van der Waals surface area contributed by atoms with Crippen molar-refractivity contribution >= 4 is 0 Å². The molecule has 3 heteroatoms. The Labute approximate surface area is 188 Å². The summed E-state index contributed by atoms with van der Waals surface area (Å²) in [6.45, 7) is 6.66. The van der Waals surface area contributed by atoms with Gasteiger partial charge in [0.05, 0.1) is 19.4 Å². The van der Waals surface area contributed by atoms with E-state index in [1.54, 1.807) is 0 Å². The van der Waals surface area contributed by atoms with Crippen LogP contribution in [0.5, 0.6) is 0 Å². The Morgan fingerprint density at radius 2 is 1.30 bits per heavy atom. The number of nitrogens with one attached hydrogen (secondary N) is 1. The molecule has 0 saturated heterocycles. The number of hydrogen-bond acceptors (Lipinski definition) is 2. The number of quaternary nitrogens is 1. The second-order valence-electron chi connectivity index (χ2n) is 9.30. The van der Waals surface area contributed by atoms with Crippen molar-refractivity contribution in [2.45, 2.75) is 129 Å². The zero-order valence-corrected chi connectivity index (χ0v) is 20.4. The maximum Gasteiger partial charge on any atom is 0.166 e. The third kappa shape index (κ3) is 12.2. The van der Waals surface area contributed by atoms with Crippen molar-refractivity contribution in [2.75, 3.05) is 19.7 Å². The summed E-state index contributed by atoms with van der Waals surface area (Å²) < 4.78 is 0.908. The first-order valence-electron chi connectivity index (χ1n) is 13.3. The average molecular weight is 422 g/mol. The molecule has 2 unspecified atom stereocenters. The first kappa shape index (κ1) is 27.2. The van der Waals surface area contributed by atoms with E-state index < -0.39 is 0 Å². The number of unbranched alkanes of at least 4 members (excludes halogenated alkanes) is 14. The molecule has 0 amide bonds. The van der Waals surface area contributed by atoms with Crippen molar-refractivity contribution in [1.82, 2.24) is 5.32 Å². The molecule has 0 aromatic carbocycles. The highest BCUT2D eigenvalue weighted by atomic mass is 16.3. The molecular weight excluding hydrogens is 368 g/mol. The fraction of sp³-hybridized carbons (Fsp3) is 0.852. The SMILES string of the molecule is CCCCC/C=C/CCCCCCCCCCCCCC1NC=C[N+]1(CC)CCO. The van der Waals surface area contributed by atoms with E-state index in [1.165, 1.54) is 109 Å². The molecule has 0 fully saturated rings. The largest absolute Gasteiger partial charge is 0.390 e. The maximum atomic E-state index is 9.39. The summed E-state index contributed by atoms with van der Waals surface area (Å²) >= 11 is 0. The Morgan fingerprint density at radius 3 is 1.83 bits per heavy atom. The molecule has 1 heterocycles. The number of aliphatic hydroxyl groups is 1. The van der Waals surface area contributed by atoms with Crippen LogP contribution >= 0.6 is 0 Å². The van der Waals surface area contributed by atoms with Gasteiger partial charge in [-0.2, -0.15) is 0 Å². The maximum absolute atomic E-state index is 9.39. The van der Waals surface area contributed by atoms with Gasteiger partial charge in [-0.1, -0.05) is 89.7 Å². The molecule has 0 spiro atoms. The summed E-state index contributed by atoms with van der Waals surface area (Å²) in [5.41, 5.74) is 0. The minimum Gasteiger partial charge on any atom is -0.390 e. The van der Waals surface area contributed by atoms with E-state index in [0.29, 0.717) is 6.17 Å². The molecule has 1 rings (SSSR count). The number of aliphatic hydroxyl groups excluding tert-OH is 1. The lowest BCUT2D eigenvalue weighted by molar-refractivity contribution is -0.900. The number of nitrogens with zero attached hydrogens (tertiary/aromatic N) is 1. The molecule has 3 nitrogen and oxygen atoms in total. The Balaban J connectivity index is 1.84. The zero-order chi connectivity index (χ0) is 21.8. The minimum absolute atomic E-state index is 0.270. The molecule has 2 N–H and O–H groups in total. The molecule has 0 saturated carbocycles. The third-order valence-electron chi connectivity index (χ3n) is 6.88. The van der Waals surface area contributed by atoms with Crippen LogP contribution < -0.4 is 5.32 Å². The Bertz CT molecular complexity index is 435. The van der Waals surface area contributed by atoms with Gasteiger partial charge >= 0.3 is 0 Å². The topological polar surface area (TPSA) is 32.3 Å². The molecule has 0 aliphatic carbocycles. The van der Waals surface area contributed by atoms with Gasteiger partial charge in [-0.15, -0.1) is 0 Å². The summed E-state index contributed by atoms with van der Waals surface area (Å²) in [7, 11) is 0. The van der Waals surface area contributed by atoms with E-state index in [9.17, 15) is 5.11 Å². The van der Waals surface area contributed by atoms with Crippen molar-refractivity contribution in [3.05, 3.63) is 24.6 Å². The third-order valence-corrected chi connectivity index (χ3v) is 6.88. The van der Waals surface area contributed by atoms with Gasteiger partial charge in [-0.05, 0) is 39.0 Å². The Morgan fingerprint density at radius 1 is 0.767 bits per heavy atom. The van der Waals surface area contributed by atoms with Crippen molar-refractivity contribution in [2.24, 2.45) is 0 Å². The van der Waals surface area contributed by atoms with Crippen molar-refractivity contribution in [3.63, 3.8) is 0 Å². The molecule has 30 heavy (non-hydrogen) atoms. The highest BCUT2D eigenvalue weighted by molar-refractivity contribution is 4.84. The molecule has 1 aliphatic heterocycles. The van der Waals surface area contributed by atoms with E-state index in [-0.39, 0.29) is 6.61 Å². The van der Waals surface area contributed by atoms with Crippen LogP contribution in [0.15, 0.2) is 24.6 Å². The number of hydrogen-bond donors (Lipinski definition) is 2. The summed E-state index contributed by atoms with van der Waals surface area (Å²) in [6, 6.07) is 0. The average Bonchev–Trinajstić information content (AvgIpc) is 3.16. The molecule has 1 aliphatic rings. The smallest absolute Gasteiger partial charge is 0.166 e. The van der Waals surface area contributed by atoms with Gasteiger partial charge in [0.25, 0.3) is 0 Å². The second kappa shape index (κ2) is 18.9. The highest BCUT2D eigenvalue weighted by Gasteiger charge is 2.35. The number of rotatable bonds is 21. The van der Waals surface area contributed by atoms with E-state index in [0.717, 1.165) is 17.6 Å². The van der Waals surface area contributed by atoms with Crippen LogP contribution in [0.1, 0.15) is 123 Å². The van der Waals surface area contributed by atoms with Crippen LogP contribution in [-0.4, -0.2) is 35.5 Å². The number of likely N-dealkylation sites (N-methyl/N-ethyl adjacent to an activating group) is 1. The monoisotopic (exact) mass is 421 g/mol. The van der Waals surface area contributed by atoms with Crippen molar-refractivity contribution in [1.29, 1.82) is 0 Å². The van der Waals surface area contributed by atoms with Crippen LogP contribution in [0.25, 0.3) is 0 Å². The quantitative estimate of drug-likeness (QED) is 0.115. The van der Waals surface area contributed by atoms with Crippen LogP contribution in [0.3, 0.4) is 0 Å². The fourth-order valence-electron chi connectivity index (χ4n) is 4.73. The van der Waals surface area contributed by atoms with Crippen molar-refractivity contribution in [3.8, 4) is 0 Å². The molecule has 0 aromatic rings. The van der Waals surface area contributed by atoms with Crippen LogP contribution in [0, 0.1) is 0 Å². The molecular formula is C27H53N2O+. The molecule has 2 atom stereocenters. The van der Waals surface area contributed by atoms with E-state index >= 15 is 0 Å².